The van der Waals surface area contributed by atoms with Crippen LogP contribution in [0, 0.1) is 18.3 Å². The maximum Gasteiger partial charge on any atom is 0.148 e. The van der Waals surface area contributed by atoms with Gasteiger partial charge in [0.05, 0.1) is 5.56 Å². The highest BCUT2D eigenvalue weighted by atomic mass is 79.9. The van der Waals surface area contributed by atoms with Crippen LogP contribution in [-0.2, 0) is 0 Å². The molecule has 0 bridgehead atoms. The Balaban J connectivity index is 2.40. The molecule has 0 aliphatic rings. The molecule has 0 N–H and O–H groups in total. The number of para-hydroxylation sites is 1. The maximum atomic E-state index is 9.04. The molecule has 0 aromatic heterocycles. The molecule has 0 radical (unpaired) electrons. The van der Waals surface area contributed by atoms with Crippen LogP contribution in [0.3, 0.4) is 0 Å². The van der Waals surface area contributed by atoms with E-state index in [1.54, 1.807) is 6.07 Å². The Morgan fingerprint density at radius 3 is 2.65 bits per heavy atom. The van der Waals surface area contributed by atoms with Gasteiger partial charge in [0, 0.05) is 4.47 Å². The van der Waals surface area contributed by atoms with Crippen molar-refractivity contribution < 1.29 is 4.74 Å². The number of nitriles is 1. The highest BCUT2D eigenvalue weighted by molar-refractivity contribution is 9.10. The Morgan fingerprint density at radius 1 is 1.18 bits per heavy atom. The van der Waals surface area contributed by atoms with E-state index in [9.17, 15) is 0 Å². The Hall–Kier alpha value is -1.79. The molecule has 0 heterocycles. The minimum absolute atomic E-state index is 0.546. The highest BCUT2D eigenvalue weighted by Crippen LogP contribution is 2.29. The number of nitrogens with zero attached hydrogens (tertiary/aromatic N) is 1. The molecule has 0 aliphatic heterocycles. The van der Waals surface area contributed by atoms with Crippen molar-refractivity contribution in [3.05, 3.63) is 58.1 Å². The molecule has 17 heavy (non-hydrogen) atoms. The first-order valence-electron chi connectivity index (χ1n) is 5.14. The van der Waals surface area contributed by atoms with Crippen molar-refractivity contribution >= 4 is 15.9 Å². The van der Waals surface area contributed by atoms with Crippen molar-refractivity contribution in [2.75, 3.05) is 0 Å². The third-order valence-electron chi connectivity index (χ3n) is 2.35. The summed E-state index contributed by atoms with van der Waals surface area (Å²) in [6.07, 6.45) is 0. The lowest BCUT2D eigenvalue weighted by Crippen LogP contribution is -1.91. The summed E-state index contributed by atoms with van der Waals surface area (Å²) in [5.74, 6) is 1.33. The summed E-state index contributed by atoms with van der Waals surface area (Å²) in [5.41, 5.74) is 1.49. The van der Waals surface area contributed by atoms with Gasteiger partial charge in [-0.2, -0.15) is 5.26 Å². The van der Waals surface area contributed by atoms with Gasteiger partial charge >= 0.3 is 0 Å². The van der Waals surface area contributed by atoms with Gasteiger partial charge in [0.1, 0.15) is 17.6 Å². The number of ether oxygens (including phenoxy) is 1. The van der Waals surface area contributed by atoms with E-state index < -0.39 is 0 Å². The first-order valence-corrected chi connectivity index (χ1v) is 5.93. The Morgan fingerprint density at radius 2 is 1.94 bits per heavy atom. The van der Waals surface area contributed by atoms with E-state index in [2.05, 4.69) is 22.0 Å². The second kappa shape index (κ2) is 5.03. The van der Waals surface area contributed by atoms with E-state index in [1.807, 2.05) is 43.3 Å². The average molecular weight is 288 g/mol. The first-order chi connectivity index (χ1) is 8.20. The van der Waals surface area contributed by atoms with E-state index in [4.69, 9.17) is 10.00 Å². The third kappa shape index (κ3) is 2.66. The summed E-state index contributed by atoms with van der Waals surface area (Å²) in [5, 5.41) is 9.04. The lowest BCUT2D eigenvalue weighted by molar-refractivity contribution is 0.477. The van der Waals surface area contributed by atoms with Gasteiger partial charge in [-0.1, -0.05) is 34.1 Å². The molecule has 3 heteroatoms. The normalized spacial score (nSPS) is 9.71. The van der Waals surface area contributed by atoms with E-state index in [0.717, 1.165) is 10.0 Å². The minimum Gasteiger partial charge on any atom is -0.456 e. The summed E-state index contributed by atoms with van der Waals surface area (Å²) >= 11 is 3.38. The molecule has 0 amide bonds. The molecule has 84 valence electrons. The van der Waals surface area contributed by atoms with Gasteiger partial charge in [0.15, 0.2) is 0 Å². The zero-order chi connectivity index (χ0) is 12.3. The number of aryl methyl sites for hydroxylation is 1. The highest BCUT2D eigenvalue weighted by Gasteiger charge is 2.07. The average Bonchev–Trinajstić information content (AvgIpc) is 2.32. The van der Waals surface area contributed by atoms with Crippen molar-refractivity contribution in [3.8, 4) is 17.6 Å². The molecule has 0 spiro atoms. The van der Waals surface area contributed by atoms with E-state index >= 15 is 0 Å². The fourth-order valence-corrected chi connectivity index (χ4v) is 1.90. The zero-order valence-corrected chi connectivity index (χ0v) is 10.9. The molecule has 0 unspecified atom stereocenters. The van der Waals surface area contributed by atoms with Gasteiger partial charge in [-0.05, 0) is 36.8 Å². The lowest BCUT2D eigenvalue weighted by Gasteiger charge is -2.10. The first kappa shape index (κ1) is 11.7. The minimum atomic E-state index is 0.546. The fourth-order valence-electron chi connectivity index (χ4n) is 1.52. The summed E-state index contributed by atoms with van der Waals surface area (Å²) in [7, 11) is 0. The molecule has 2 nitrogen and oxygen atoms in total. The monoisotopic (exact) mass is 287 g/mol. The van der Waals surface area contributed by atoms with Crippen LogP contribution in [0.2, 0.25) is 0 Å². The molecule has 0 fully saturated rings. The number of hydrogen-bond acceptors (Lipinski definition) is 2. The second-order valence-electron chi connectivity index (χ2n) is 3.62. The van der Waals surface area contributed by atoms with Crippen LogP contribution in [0.25, 0.3) is 0 Å². The predicted molar refractivity (Wildman–Crippen MR) is 70.1 cm³/mol. The predicted octanol–water partition coefficient (Wildman–Crippen LogP) is 4.42. The Kier molecular flexibility index (Phi) is 3.46. The van der Waals surface area contributed by atoms with Crippen LogP contribution in [0.5, 0.6) is 11.5 Å². The van der Waals surface area contributed by atoms with Gasteiger partial charge in [-0.25, -0.2) is 0 Å². The largest absolute Gasteiger partial charge is 0.456 e. The molecule has 0 saturated carbocycles. The fraction of sp³-hybridized carbons (Fsp3) is 0.0714. The standard InChI is InChI=1S/C14H10BrNO/c1-10-4-2-5-11(9-16)14(10)17-13-7-3-6-12(15)8-13/h2-8H,1H3. The summed E-state index contributed by atoms with van der Waals surface area (Å²) < 4.78 is 6.71. The smallest absolute Gasteiger partial charge is 0.148 e. The van der Waals surface area contributed by atoms with Gasteiger partial charge in [-0.3, -0.25) is 0 Å². The third-order valence-corrected chi connectivity index (χ3v) is 2.84. The topological polar surface area (TPSA) is 33.0 Å². The van der Waals surface area contributed by atoms with Crippen LogP contribution >= 0.6 is 15.9 Å². The quantitative estimate of drug-likeness (QED) is 0.819. The van der Waals surface area contributed by atoms with Crippen molar-refractivity contribution in [3.63, 3.8) is 0 Å². The summed E-state index contributed by atoms with van der Waals surface area (Å²) in [4.78, 5) is 0. The number of rotatable bonds is 2. The van der Waals surface area contributed by atoms with Gasteiger partial charge in [0.25, 0.3) is 0 Å². The molecule has 2 aromatic rings. The van der Waals surface area contributed by atoms with Crippen molar-refractivity contribution in [2.24, 2.45) is 0 Å². The van der Waals surface area contributed by atoms with E-state index in [1.165, 1.54) is 0 Å². The second-order valence-corrected chi connectivity index (χ2v) is 4.54. The number of halogens is 1. The summed E-state index contributed by atoms with van der Waals surface area (Å²) in [6, 6.07) is 15.2. The number of hydrogen-bond donors (Lipinski definition) is 0. The SMILES string of the molecule is Cc1cccc(C#N)c1Oc1cccc(Br)c1. The molecular weight excluding hydrogens is 278 g/mol. The van der Waals surface area contributed by atoms with Crippen molar-refractivity contribution in [1.29, 1.82) is 5.26 Å². The molecule has 0 saturated heterocycles. The molecule has 0 atom stereocenters. The molecular formula is C14H10BrNO. The van der Waals surface area contributed by atoms with Gasteiger partial charge < -0.3 is 4.74 Å². The molecule has 2 aromatic carbocycles. The van der Waals surface area contributed by atoms with E-state index in [-0.39, 0.29) is 0 Å². The van der Waals surface area contributed by atoms with Gasteiger partial charge in [0.2, 0.25) is 0 Å². The van der Waals surface area contributed by atoms with Crippen LogP contribution < -0.4 is 4.74 Å². The van der Waals surface area contributed by atoms with Crippen LogP contribution in [0.4, 0.5) is 0 Å². The lowest BCUT2D eigenvalue weighted by atomic mass is 10.1. The van der Waals surface area contributed by atoms with Gasteiger partial charge in [-0.15, -0.1) is 0 Å². The molecule has 2 rings (SSSR count). The van der Waals surface area contributed by atoms with Crippen LogP contribution in [0.1, 0.15) is 11.1 Å². The Labute approximate surface area is 109 Å². The summed E-state index contributed by atoms with van der Waals surface area (Å²) in [6.45, 7) is 1.92. The van der Waals surface area contributed by atoms with E-state index in [0.29, 0.717) is 17.1 Å². The number of benzene rings is 2. The van der Waals surface area contributed by atoms with Crippen molar-refractivity contribution in [1.82, 2.24) is 0 Å². The molecule has 0 aliphatic carbocycles. The maximum absolute atomic E-state index is 9.04. The zero-order valence-electron chi connectivity index (χ0n) is 9.27. The van der Waals surface area contributed by atoms with Crippen LogP contribution in [-0.4, -0.2) is 0 Å². The Bertz CT molecular complexity index is 587. The van der Waals surface area contributed by atoms with Crippen molar-refractivity contribution in [2.45, 2.75) is 6.92 Å². The van der Waals surface area contributed by atoms with Crippen LogP contribution in [0.15, 0.2) is 46.9 Å².